The second-order valence-electron chi connectivity index (χ2n) is 4.88. The second kappa shape index (κ2) is 6.00. The molecule has 2 aromatic heterocycles. The molecule has 6 heteroatoms. The van der Waals surface area contributed by atoms with E-state index < -0.39 is 0 Å². The van der Waals surface area contributed by atoms with Gasteiger partial charge >= 0.3 is 0 Å². The minimum absolute atomic E-state index is 0.164. The van der Waals surface area contributed by atoms with Gasteiger partial charge in [-0.05, 0) is 32.9 Å². The van der Waals surface area contributed by atoms with Crippen LogP contribution in [0.15, 0.2) is 29.9 Å². The maximum Gasteiger partial charge on any atom is 0.269 e. The molecule has 0 spiro atoms. The monoisotopic (exact) mass is 290 g/mol. The van der Waals surface area contributed by atoms with Crippen LogP contribution in [0, 0.1) is 0 Å². The number of nitrogens with one attached hydrogen (secondary N) is 2. The van der Waals surface area contributed by atoms with E-state index in [1.165, 1.54) is 0 Å². The highest BCUT2D eigenvalue weighted by Crippen LogP contribution is 2.27. The molecular formula is C14H18N4OS. The molecule has 2 heterocycles. The minimum Gasteiger partial charge on any atom is -0.374 e. The topological polar surface area (TPSA) is 66.9 Å². The van der Waals surface area contributed by atoms with Gasteiger partial charge in [0.05, 0.1) is 5.54 Å². The first-order valence-electron chi connectivity index (χ1n) is 6.45. The Balaban J connectivity index is 2.18. The summed E-state index contributed by atoms with van der Waals surface area (Å²) in [4.78, 5) is 20.2. The van der Waals surface area contributed by atoms with E-state index in [4.69, 9.17) is 0 Å². The summed E-state index contributed by atoms with van der Waals surface area (Å²) >= 11 is 1.60. The molecule has 0 aliphatic carbocycles. The Hall–Kier alpha value is -1.95. The molecule has 5 nitrogen and oxygen atoms in total. The molecule has 0 saturated carbocycles. The van der Waals surface area contributed by atoms with Gasteiger partial charge in [0, 0.05) is 30.0 Å². The Morgan fingerprint density at radius 2 is 2.15 bits per heavy atom. The van der Waals surface area contributed by atoms with Crippen molar-refractivity contribution in [3.63, 3.8) is 0 Å². The third-order valence-corrected chi connectivity index (χ3v) is 3.85. The van der Waals surface area contributed by atoms with E-state index in [0.29, 0.717) is 12.2 Å². The van der Waals surface area contributed by atoms with Gasteiger partial charge in [-0.15, -0.1) is 11.3 Å². The maximum atomic E-state index is 11.8. The van der Waals surface area contributed by atoms with Crippen molar-refractivity contribution in [1.82, 2.24) is 15.3 Å². The lowest BCUT2D eigenvalue weighted by Crippen LogP contribution is -2.28. The van der Waals surface area contributed by atoms with Crippen LogP contribution >= 0.6 is 11.3 Å². The summed E-state index contributed by atoms with van der Waals surface area (Å²) < 4.78 is 0. The fraction of sp³-hybridized carbons (Fsp3) is 0.357. The number of rotatable bonds is 5. The van der Waals surface area contributed by atoms with Gasteiger partial charge in [0.2, 0.25) is 0 Å². The van der Waals surface area contributed by atoms with Gasteiger partial charge in [-0.25, -0.2) is 4.98 Å². The Labute approximate surface area is 122 Å². The number of hydrogen-bond acceptors (Lipinski definition) is 5. The molecule has 0 fully saturated rings. The van der Waals surface area contributed by atoms with Crippen LogP contribution in [0.5, 0.6) is 0 Å². The summed E-state index contributed by atoms with van der Waals surface area (Å²) in [6.45, 7) is 6.57. The van der Waals surface area contributed by atoms with Crippen molar-refractivity contribution in [1.29, 1.82) is 0 Å². The van der Waals surface area contributed by atoms with Crippen LogP contribution in [0.4, 0.5) is 5.69 Å². The fourth-order valence-corrected chi connectivity index (χ4v) is 2.55. The molecule has 0 aromatic carbocycles. The Kier molecular flexibility index (Phi) is 4.34. The molecule has 0 aliphatic rings. The zero-order valence-corrected chi connectivity index (χ0v) is 12.6. The van der Waals surface area contributed by atoms with Crippen LogP contribution in [-0.4, -0.2) is 22.4 Å². The van der Waals surface area contributed by atoms with Crippen molar-refractivity contribution in [2.24, 2.45) is 0 Å². The van der Waals surface area contributed by atoms with Gasteiger partial charge in [-0.2, -0.15) is 0 Å². The third-order valence-electron chi connectivity index (χ3n) is 2.75. The molecule has 2 rings (SSSR count). The quantitative estimate of drug-likeness (QED) is 0.888. The van der Waals surface area contributed by atoms with Gasteiger partial charge in [0.25, 0.3) is 5.91 Å². The zero-order valence-electron chi connectivity index (χ0n) is 11.8. The van der Waals surface area contributed by atoms with Crippen LogP contribution in [0.25, 0.3) is 0 Å². The van der Waals surface area contributed by atoms with E-state index in [0.717, 1.165) is 10.7 Å². The van der Waals surface area contributed by atoms with Crippen LogP contribution < -0.4 is 10.6 Å². The van der Waals surface area contributed by atoms with Gasteiger partial charge in [0.1, 0.15) is 10.7 Å². The van der Waals surface area contributed by atoms with Crippen LogP contribution in [-0.2, 0) is 5.54 Å². The van der Waals surface area contributed by atoms with Crippen molar-refractivity contribution in [3.8, 4) is 0 Å². The summed E-state index contributed by atoms with van der Waals surface area (Å²) in [6, 6.07) is 3.60. The maximum absolute atomic E-state index is 11.8. The SMILES string of the molecule is CCNC(=O)c1cc(NC(C)(C)c2nccs2)ccn1. The lowest BCUT2D eigenvalue weighted by molar-refractivity contribution is 0.0951. The van der Waals surface area contributed by atoms with Gasteiger partial charge in [-0.1, -0.05) is 0 Å². The largest absolute Gasteiger partial charge is 0.374 e. The molecular weight excluding hydrogens is 272 g/mol. The average molecular weight is 290 g/mol. The number of amides is 1. The molecule has 106 valence electrons. The summed E-state index contributed by atoms with van der Waals surface area (Å²) in [5.74, 6) is -0.164. The number of carbonyl (C=O) groups excluding carboxylic acids is 1. The number of thiazole rings is 1. The lowest BCUT2D eigenvalue weighted by Gasteiger charge is -2.25. The highest BCUT2D eigenvalue weighted by atomic mass is 32.1. The molecule has 0 atom stereocenters. The molecule has 0 bridgehead atoms. The van der Waals surface area contributed by atoms with E-state index in [1.807, 2.05) is 18.4 Å². The van der Waals surface area contributed by atoms with E-state index in [1.54, 1.807) is 29.8 Å². The number of anilines is 1. The van der Waals surface area contributed by atoms with Crippen LogP contribution in [0.3, 0.4) is 0 Å². The molecule has 2 aromatic rings. The van der Waals surface area contributed by atoms with Crippen LogP contribution in [0.2, 0.25) is 0 Å². The van der Waals surface area contributed by atoms with Crippen LogP contribution in [0.1, 0.15) is 36.3 Å². The number of aromatic nitrogens is 2. The zero-order chi connectivity index (χ0) is 14.6. The van der Waals surface area contributed by atoms with E-state index >= 15 is 0 Å². The molecule has 1 amide bonds. The van der Waals surface area contributed by atoms with E-state index in [-0.39, 0.29) is 11.4 Å². The first-order valence-corrected chi connectivity index (χ1v) is 7.33. The highest BCUT2D eigenvalue weighted by Gasteiger charge is 2.23. The summed E-state index contributed by atoms with van der Waals surface area (Å²) in [5, 5.41) is 9.07. The summed E-state index contributed by atoms with van der Waals surface area (Å²) in [7, 11) is 0. The predicted octanol–water partition coefficient (Wildman–Crippen LogP) is 2.64. The molecule has 0 unspecified atom stereocenters. The Morgan fingerprint density at radius 1 is 1.35 bits per heavy atom. The highest BCUT2D eigenvalue weighted by molar-refractivity contribution is 7.09. The normalized spacial score (nSPS) is 11.2. The van der Waals surface area contributed by atoms with Crippen molar-refractivity contribution in [2.75, 3.05) is 11.9 Å². The fourth-order valence-electron chi connectivity index (χ4n) is 1.83. The molecule has 0 saturated heterocycles. The van der Waals surface area contributed by atoms with Gasteiger partial charge in [-0.3, -0.25) is 9.78 Å². The molecule has 20 heavy (non-hydrogen) atoms. The standard InChI is InChI=1S/C14H18N4OS/c1-4-15-12(19)11-9-10(5-6-16-11)18-14(2,3)13-17-7-8-20-13/h5-9H,4H2,1-3H3,(H,15,19)(H,16,18). The molecule has 0 aliphatic heterocycles. The van der Waals surface area contributed by atoms with Gasteiger partial charge < -0.3 is 10.6 Å². The first kappa shape index (κ1) is 14.5. The average Bonchev–Trinajstić information content (AvgIpc) is 2.93. The number of carbonyl (C=O) groups is 1. The van der Waals surface area contributed by atoms with Crippen molar-refractivity contribution >= 4 is 22.9 Å². The van der Waals surface area contributed by atoms with Crippen molar-refractivity contribution < 1.29 is 4.79 Å². The second-order valence-corrected chi connectivity index (χ2v) is 5.77. The summed E-state index contributed by atoms with van der Waals surface area (Å²) in [6.07, 6.45) is 3.42. The van der Waals surface area contributed by atoms with E-state index in [2.05, 4.69) is 34.4 Å². The van der Waals surface area contributed by atoms with Crippen molar-refractivity contribution in [2.45, 2.75) is 26.3 Å². The Morgan fingerprint density at radius 3 is 2.80 bits per heavy atom. The third kappa shape index (κ3) is 3.33. The number of hydrogen-bond donors (Lipinski definition) is 2. The number of nitrogens with zero attached hydrogens (tertiary/aromatic N) is 2. The lowest BCUT2D eigenvalue weighted by atomic mass is 10.1. The smallest absolute Gasteiger partial charge is 0.269 e. The van der Waals surface area contributed by atoms with Gasteiger partial charge in [0.15, 0.2) is 0 Å². The minimum atomic E-state index is -0.298. The molecule has 0 radical (unpaired) electrons. The summed E-state index contributed by atoms with van der Waals surface area (Å²) in [5.41, 5.74) is 0.960. The first-order chi connectivity index (χ1) is 9.53. The Bertz CT molecular complexity index is 581. The number of pyridine rings is 1. The molecule has 2 N–H and O–H groups in total. The predicted molar refractivity (Wildman–Crippen MR) is 81.0 cm³/mol. The van der Waals surface area contributed by atoms with Crippen molar-refractivity contribution in [3.05, 3.63) is 40.6 Å². The van der Waals surface area contributed by atoms with E-state index in [9.17, 15) is 4.79 Å².